The summed E-state index contributed by atoms with van der Waals surface area (Å²) in [6.07, 6.45) is 6.35. The van der Waals surface area contributed by atoms with Crippen molar-refractivity contribution in [2.75, 3.05) is 39.1 Å². The van der Waals surface area contributed by atoms with Gasteiger partial charge in [-0.25, -0.2) is 8.42 Å². The maximum Gasteiger partial charge on any atom is 0.168 e. The van der Waals surface area contributed by atoms with Crippen molar-refractivity contribution in [3.05, 3.63) is 12.2 Å². The number of quaternary nitrogens is 1. The number of ether oxygens (including phenoxy) is 1. The quantitative estimate of drug-likeness (QED) is 0.523. The molecular weight excluding hydrogens is 262 g/mol. The molecule has 0 N–H and O–H groups in total. The van der Waals surface area contributed by atoms with Crippen LogP contribution in [0.2, 0.25) is 0 Å². The first-order chi connectivity index (χ1) is 8.98. The van der Waals surface area contributed by atoms with E-state index in [1.165, 1.54) is 0 Å². The smallest absolute Gasteiger partial charge is 0.168 e. The minimum Gasteiger partial charge on any atom is -0.370 e. The van der Waals surface area contributed by atoms with E-state index in [4.69, 9.17) is 4.74 Å². The Morgan fingerprint density at radius 1 is 1.26 bits per heavy atom. The third kappa shape index (κ3) is 1.39. The van der Waals surface area contributed by atoms with E-state index in [0.29, 0.717) is 17.7 Å². The Kier molecular flexibility index (Phi) is 2.36. The Hall–Kier alpha value is -0.390. The Morgan fingerprint density at radius 2 is 2.00 bits per heavy atom. The van der Waals surface area contributed by atoms with Crippen LogP contribution in [0.3, 0.4) is 0 Å². The highest BCUT2D eigenvalue weighted by molar-refractivity contribution is 7.94. The molecule has 4 nitrogen and oxygen atoms in total. The van der Waals surface area contributed by atoms with Gasteiger partial charge < -0.3 is 9.22 Å². The zero-order valence-electron chi connectivity index (χ0n) is 11.4. The molecule has 3 fully saturated rings. The summed E-state index contributed by atoms with van der Waals surface area (Å²) >= 11 is 0. The fourth-order valence-electron chi connectivity index (χ4n) is 4.98. The molecule has 2 heterocycles. The predicted octanol–water partition coefficient (Wildman–Crippen LogP) is 0.595. The third-order valence-electron chi connectivity index (χ3n) is 6.15. The van der Waals surface area contributed by atoms with E-state index in [1.54, 1.807) is 0 Å². The van der Waals surface area contributed by atoms with E-state index >= 15 is 0 Å². The van der Waals surface area contributed by atoms with Crippen LogP contribution in [0.15, 0.2) is 12.2 Å². The minimum atomic E-state index is -2.90. The standard InChI is InChI=1S/C14H22NO3S/c1-15(4-6-18-7-5-15)13-10-19(16,17)14(13)9-11-2-3-12(14)8-11/h2-3,11-13H,4-10H2,1H3/q+1/t11-,12-,13-,14+/m0/s1. The lowest BCUT2D eigenvalue weighted by molar-refractivity contribution is -0.942. The van der Waals surface area contributed by atoms with E-state index in [1.807, 2.05) is 0 Å². The van der Waals surface area contributed by atoms with Crippen molar-refractivity contribution in [1.82, 2.24) is 0 Å². The zero-order chi connectivity index (χ0) is 13.3. The van der Waals surface area contributed by atoms with Gasteiger partial charge in [-0.05, 0) is 18.8 Å². The molecule has 106 valence electrons. The summed E-state index contributed by atoms with van der Waals surface area (Å²) in [4.78, 5) is 0. The molecule has 0 amide bonds. The number of likely N-dealkylation sites (N-methyl/N-ethyl adjacent to an activating group) is 1. The molecule has 0 aromatic rings. The van der Waals surface area contributed by atoms with Crippen LogP contribution in [0.4, 0.5) is 0 Å². The van der Waals surface area contributed by atoms with E-state index in [9.17, 15) is 8.42 Å². The number of allylic oxidation sites excluding steroid dienone is 2. The summed E-state index contributed by atoms with van der Waals surface area (Å²) in [7, 11) is -0.661. The molecule has 2 bridgehead atoms. The van der Waals surface area contributed by atoms with Crippen molar-refractivity contribution in [2.24, 2.45) is 11.8 Å². The van der Waals surface area contributed by atoms with Gasteiger partial charge in [0.05, 0.1) is 20.3 Å². The van der Waals surface area contributed by atoms with E-state index in [0.717, 1.165) is 43.6 Å². The third-order valence-corrected chi connectivity index (χ3v) is 8.80. The maximum absolute atomic E-state index is 12.6. The van der Waals surface area contributed by atoms with Crippen LogP contribution < -0.4 is 0 Å². The van der Waals surface area contributed by atoms with Gasteiger partial charge in [0.25, 0.3) is 0 Å². The second-order valence-electron chi connectivity index (χ2n) is 6.98. The lowest BCUT2D eigenvalue weighted by Crippen LogP contribution is -2.78. The van der Waals surface area contributed by atoms with Crippen molar-refractivity contribution in [3.63, 3.8) is 0 Å². The number of rotatable bonds is 1. The number of sulfone groups is 1. The van der Waals surface area contributed by atoms with Crippen molar-refractivity contribution < 1.29 is 17.6 Å². The van der Waals surface area contributed by atoms with Gasteiger partial charge in [-0.15, -0.1) is 0 Å². The summed E-state index contributed by atoms with van der Waals surface area (Å²) < 4.78 is 31.0. The van der Waals surface area contributed by atoms with Gasteiger partial charge in [-0.3, -0.25) is 0 Å². The Morgan fingerprint density at radius 3 is 2.53 bits per heavy atom. The molecule has 19 heavy (non-hydrogen) atoms. The molecule has 4 atom stereocenters. The van der Waals surface area contributed by atoms with Crippen LogP contribution in [-0.4, -0.2) is 62.8 Å². The van der Waals surface area contributed by atoms with Gasteiger partial charge in [-0.2, -0.15) is 0 Å². The first-order valence-electron chi connectivity index (χ1n) is 7.31. The monoisotopic (exact) mass is 284 g/mol. The topological polar surface area (TPSA) is 43.4 Å². The average Bonchev–Trinajstić information content (AvgIpc) is 2.98. The zero-order valence-corrected chi connectivity index (χ0v) is 12.2. The molecule has 4 aliphatic rings. The highest BCUT2D eigenvalue weighted by Gasteiger charge is 2.73. The van der Waals surface area contributed by atoms with Crippen molar-refractivity contribution in [1.29, 1.82) is 0 Å². The van der Waals surface area contributed by atoms with E-state index < -0.39 is 14.6 Å². The van der Waals surface area contributed by atoms with Crippen LogP contribution >= 0.6 is 0 Å². The molecule has 0 aromatic heterocycles. The van der Waals surface area contributed by atoms with Crippen molar-refractivity contribution in [2.45, 2.75) is 23.6 Å². The van der Waals surface area contributed by atoms with Gasteiger partial charge >= 0.3 is 0 Å². The fourth-order valence-corrected chi connectivity index (χ4v) is 7.92. The Labute approximate surface area is 114 Å². The summed E-state index contributed by atoms with van der Waals surface area (Å²) in [5, 5.41) is 0. The van der Waals surface area contributed by atoms with Gasteiger partial charge in [0.15, 0.2) is 9.84 Å². The van der Waals surface area contributed by atoms with Gasteiger partial charge in [-0.1, -0.05) is 12.2 Å². The largest absolute Gasteiger partial charge is 0.370 e. The molecule has 0 radical (unpaired) electrons. The van der Waals surface area contributed by atoms with Crippen molar-refractivity contribution >= 4 is 9.84 Å². The first kappa shape index (κ1) is 12.4. The number of hydrogen-bond acceptors (Lipinski definition) is 3. The number of nitrogens with zero attached hydrogens (tertiary/aromatic N) is 1. The van der Waals surface area contributed by atoms with E-state index in [-0.39, 0.29) is 5.92 Å². The molecular formula is C14H22NO3S+. The molecule has 2 aliphatic carbocycles. The molecule has 0 unspecified atom stereocenters. The second kappa shape index (κ2) is 3.62. The normalized spacial score (nSPS) is 49.4. The van der Waals surface area contributed by atoms with Crippen molar-refractivity contribution in [3.8, 4) is 0 Å². The molecule has 1 spiro atoms. The van der Waals surface area contributed by atoms with Gasteiger partial charge in [0.1, 0.15) is 29.6 Å². The summed E-state index contributed by atoms with van der Waals surface area (Å²) in [5.41, 5.74) is 0. The highest BCUT2D eigenvalue weighted by atomic mass is 32.2. The number of fused-ring (bicyclic) bond motifs is 3. The van der Waals surface area contributed by atoms with Crippen LogP contribution in [0.1, 0.15) is 12.8 Å². The summed E-state index contributed by atoms with van der Waals surface area (Å²) in [6, 6.07) is 0.293. The van der Waals surface area contributed by atoms with Crippen LogP contribution in [0.5, 0.6) is 0 Å². The minimum absolute atomic E-state index is 0.277. The lowest BCUT2D eigenvalue weighted by Gasteiger charge is -2.58. The molecule has 2 saturated heterocycles. The molecule has 1 saturated carbocycles. The number of hydrogen-bond donors (Lipinski definition) is 0. The Balaban J connectivity index is 1.73. The molecule has 4 rings (SSSR count). The van der Waals surface area contributed by atoms with E-state index in [2.05, 4.69) is 19.2 Å². The van der Waals surface area contributed by atoms with Gasteiger partial charge in [0, 0.05) is 5.92 Å². The fraction of sp³-hybridized carbons (Fsp3) is 0.857. The lowest BCUT2D eigenvalue weighted by atomic mass is 9.83. The average molecular weight is 284 g/mol. The van der Waals surface area contributed by atoms with Crippen LogP contribution in [-0.2, 0) is 14.6 Å². The van der Waals surface area contributed by atoms with Crippen LogP contribution in [0, 0.1) is 11.8 Å². The number of morpholine rings is 1. The highest BCUT2D eigenvalue weighted by Crippen LogP contribution is 2.59. The summed E-state index contributed by atoms with van der Waals surface area (Å²) in [5.74, 6) is 1.18. The second-order valence-corrected chi connectivity index (χ2v) is 9.31. The summed E-state index contributed by atoms with van der Waals surface area (Å²) in [6.45, 7) is 3.46. The molecule has 5 heteroatoms. The predicted molar refractivity (Wildman–Crippen MR) is 72.4 cm³/mol. The Bertz CT molecular complexity index is 535. The SMILES string of the molecule is C[N+]1([C@H]2CS(=O)(=O)[C@@]23C[C@H]2C=C[C@H]3C2)CCOCC1. The first-order valence-corrected chi connectivity index (χ1v) is 8.96. The van der Waals surface area contributed by atoms with Gasteiger partial charge in [0.2, 0.25) is 0 Å². The van der Waals surface area contributed by atoms with Crippen LogP contribution in [0.25, 0.3) is 0 Å². The maximum atomic E-state index is 12.6. The molecule has 2 aliphatic heterocycles. The molecule has 0 aromatic carbocycles.